The summed E-state index contributed by atoms with van der Waals surface area (Å²) in [7, 11) is 0. The van der Waals surface area contributed by atoms with Crippen LogP contribution in [-0.4, -0.2) is 22.7 Å². The van der Waals surface area contributed by atoms with Crippen molar-refractivity contribution in [3.8, 4) is 11.3 Å². The van der Waals surface area contributed by atoms with Gasteiger partial charge in [-0.25, -0.2) is 9.37 Å². The molecule has 0 atom stereocenters. The van der Waals surface area contributed by atoms with E-state index < -0.39 is 23.6 Å². The topological polar surface area (TPSA) is 71.1 Å². The Morgan fingerprint density at radius 2 is 1.79 bits per heavy atom. The Bertz CT molecular complexity index is 1020. The van der Waals surface area contributed by atoms with Crippen molar-refractivity contribution in [3.63, 3.8) is 0 Å². The molecule has 0 saturated carbocycles. The highest BCUT2D eigenvalue weighted by atomic mass is 32.1. The van der Waals surface area contributed by atoms with Crippen LogP contribution in [0, 0.1) is 5.82 Å². The Hall–Kier alpha value is -3.20. The first-order valence-corrected chi connectivity index (χ1v) is 8.93. The number of benzene rings is 2. The molecule has 0 aliphatic rings. The number of amides is 2. The molecule has 2 amide bonds. The number of carbonyl (C=O) groups excluding carboxylic acids is 2. The number of halogens is 3. The lowest BCUT2D eigenvalue weighted by atomic mass is 10.1. The third-order valence-electron chi connectivity index (χ3n) is 3.67. The number of thiazole rings is 1. The molecular formula is C19H14F3N3O2S. The molecule has 0 bridgehead atoms. The van der Waals surface area contributed by atoms with Gasteiger partial charge in [-0.3, -0.25) is 14.9 Å². The van der Waals surface area contributed by atoms with E-state index in [2.05, 4.69) is 10.3 Å². The number of hydrogen-bond donors (Lipinski definition) is 2. The van der Waals surface area contributed by atoms with Gasteiger partial charge < -0.3 is 5.32 Å². The molecule has 0 aliphatic carbocycles. The van der Waals surface area contributed by atoms with Gasteiger partial charge in [-0.1, -0.05) is 30.3 Å². The van der Waals surface area contributed by atoms with Crippen molar-refractivity contribution in [2.75, 3.05) is 10.6 Å². The van der Waals surface area contributed by atoms with Crippen molar-refractivity contribution in [2.45, 2.75) is 12.8 Å². The van der Waals surface area contributed by atoms with Gasteiger partial charge in [0.2, 0.25) is 0 Å². The van der Waals surface area contributed by atoms with Crippen LogP contribution < -0.4 is 10.6 Å². The Labute approximate surface area is 162 Å². The Morgan fingerprint density at radius 1 is 1.07 bits per heavy atom. The first-order valence-electron chi connectivity index (χ1n) is 8.05. The Kier molecular flexibility index (Phi) is 5.46. The monoisotopic (exact) mass is 405 g/mol. The molecule has 144 valence electrons. The van der Waals surface area contributed by atoms with E-state index in [0.717, 1.165) is 23.8 Å². The van der Waals surface area contributed by atoms with E-state index >= 15 is 0 Å². The van der Waals surface area contributed by atoms with Crippen LogP contribution in [0.5, 0.6) is 0 Å². The average Bonchev–Trinajstić information content (AvgIpc) is 3.10. The number of aromatic nitrogens is 1. The highest BCUT2D eigenvalue weighted by molar-refractivity contribution is 7.14. The molecule has 2 N–H and O–H groups in total. The fourth-order valence-corrected chi connectivity index (χ4v) is 3.00. The molecule has 0 spiro atoms. The third kappa shape index (κ3) is 4.55. The molecule has 3 rings (SSSR count). The summed E-state index contributed by atoms with van der Waals surface area (Å²) in [5.74, 6) is -6.83. The number of alkyl halides is 2. The van der Waals surface area contributed by atoms with Gasteiger partial charge in [0, 0.05) is 17.9 Å². The van der Waals surface area contributed by atoms with E-state index in [4.69, 9.17) is 0 Å². The highest BCUT2D eigenvalue weighted by Crippen LogP contribution is 2.26. The quantitative estimate of drug-likeness (QED) is 0.641. The molecule has 0 unspecified atom stereocenters. The third-order valence-corrected chi connectivity index (χ3v) is 4.43. The normalized spacial score (nSPS) is 11.1. The summed E-state index contributed by atoms with van der Waals surface area (Å²) in [6, 6.07) is 12.2. The number of carbonyl (C=O) groups is 2. The van der Waals surface area contributed by atoms with Crippen LogP contribution in [0.1, 0.15) is 17.3 Å². The lowest BCUT2D eigenvalue weighted by Crippen LogP contribution is -2.32. The van der Waals surface area contributed by atoms with Crippen LogP contribution in [0.3, 0.4) is 0 Å². The molecular weight excluding hydrogens is 391 g/mol. The van der Waals surface area contributed by atoms with Crippen LogP contribution in [0.2, 0.25) is 0 Å². The van der Waals surface area contributed by atoms with Gasteiger partial charge in [0.1, 0.15) is 5.82 Å². The fourth-order valence-electron chi connectivity index (χ4n) is 2.29. The van der Waals surface area contributed by atoms with E-state index in [-0.39, 0.29) is 16.4 Å². The largest absolute Gasteiger partial charge is 0.322 e. The van der Waals surface area contributed by atoms with Crippen LogP contribution >= 0.6 is 11.3 Å². The van der Waals surface area contributed by atoms with E-state index in [1.54, 1.807) is 5.38 Å². The summed E-state index contributed by atoms with van der Waals surface area (Å²) in [6.45, 7) is 0.405. The summed E-state index contributed by atoms with van der Waals surface area (Å²) in [5.41, 5.74) is 0.984. The van der Waals surface area contributed by atoms with E-state index in [1.165, 1.54) is 11.3 Å². The molecule has 9 heteroatoms. The summed E-state index contributed by atoms with van der Waals surface area (Å²) in [4.78, 5) is 28.3. The lowest BCUT2D eigenvalue weighted by molar-refractivity contribution is -0.137. The van der Waals surface area contributed by atoms with Gasteiger partial charge in [-0.05, 0) is 18.2 Å². The number of anilines is 2. The van der Waals surface area contributed by atoms with Crippen LogP contribution in [0.15, 0.2) is 53.9 Å². The standard InChI is InChI=1S/C19H14F3N3O2S/c1-19(21,22)17(27)23-14-9-12(20)7-8-13(14)16(26)25-18-24-15(10-28-18)11-5-3-2-4-6-11/h2-10H,1H3,(H,23,27)(H,24,25,26). The first kappa shape index (κ1) is 19.6. The van der Waals surface area contributed by atoms with Crippen LogP contribution in [0.25, 0.3) is 11.3 Å². The maximum Gasteiger partial charge on any atom is 0.322 e. The average molecular weight is 405 g/mol. The van der Waals surface area contributed by atoms with Crippen molar-refractivity contribution in [1.29, 1.82) is 0 Å². The van der Waals surface area contributed by atoms with Crippen LogP contribution in [-0.2, 0) is 4.79 Å². The maximum atomic E-state index is 13.5. The zero-order chi connectivity index (χ0) is 20.3. The SMILES string of the molecule is CC(F)(F)C(=O)Nc1cc(F)ccc1C(=O)Nc1nc(-c2ccccc2)cs1. The predicted molar refractivity (Wildman–Crippen MR) is 101 cm³/mol. The number of nitrogens with zero attached hydrogens (tertiary/aromatic N) is 1. The van der Waals surface area contributed by atoms with Gasteiger partial charge in [-0.2, -0.15) is 8.78 Å². The number of hydrogen-bond acceptors (Lipinski definition) is 4. The van der Waals surface area contributed by atoms with Gasteiger partial charge >= 0.3 is 5.92 Å². The molecule has 0 aliphatic heterocycles. The smallest absolute Gasteiger partial charge is 0.320 e. The number of nitrogens with one attached hydrogen (secondary N) is 2. The molecule has 28 heavy (non-hydrogen) atoms. The summed E-state index contributed by atoms with van der Waals surface area (Å²) < 4.78 is 39.8. The zero-order valence-corrected chi connectivity index (χ0v) is 15.3. The van der Waals surface area contributed by atoms with E-state index in [1.807, 2.05) is 35.6 Å². The minimum atomic E-state index is -3.68. The van der Waals surface area contributed by atoms with E-state index in [9.17, 15) is 22.8 Å². The first-order chi connectivity index (χ1) is 13.2. The number of rotatable bonds is 5. The van der Waals surface area contributed by atoms with Crippen LogP contribution in [0.4, 0.5) is 24.0 Å². The molecule has 0 saturated heterocycles. The molecule has 0 radical (unpaired) electrons. The van der Waals surface area contributed by atoms with Gasteiger partial charge in [0.25, 0.3) is 11.8 Å². The second-order valence-corrected chi connectivity index (χ2v) is 6.75. The minimum Gasteiger partial charge on any atom is -0.320 e. The molecule has 0 fully saturated rings. The van der Waals surface area contributed by atoms with Gasteiger partial charge in [0.05, 0.1) is 16.9 Å². The van der Waals surface area contributed by atoms with Crippen molar-refractivity contribution in [3.05, 3.63) is 65.3 Å². The molecule has 3 aromatic rings. The van der Waals surface area contributed by atoms with Gasteiger partial charge in [0.15, 0.2) is 5.13 Å². The fraction of sp³-hybridized carbons (Fsp3) is 0.105. The Morgan fingerprint density at radius 3 is 2.46 bits per heavy atom. The predicted octanol–water partition coefficient (Wildman–Crippen LogP) is 4.80. The van der Waals surface area contributed by atoms with Crippen molar-refractivity contribution < 1.29 is 22.8 Å². The minimum absolute atomic E-state index is 0.171. The summed E-state index contributed by atoms with van der Waals surface area (Å²) in [6.07, 6.45) is 0. The molecule has 2 aromatic carbocycles. The summed E-state index contributed by atoms with van der Waals surface area (Å²) >= 11 is 1.17. The van der Waals surface area contributed by atoms with Crippen molar-refractivity contribution in [2.24, 2.45) is 0 Å². The summed E-state index contributed by atoms with van der Waals surface area (Å²) in [5, 5.41) is 6.43. The second kappa shape index (κ2) is 7.81. The lowest BCUT2D eigenvalue weighted by Gasteiger charge is -2.14. The maximum absolute atomic E-state index is 13.5. The molecule has 1 aromatic heterocycles. The molecule has 5 nitrogen and oxygen atoms in total. The highest BCUT2D eigenvalue weighted by Gasteiger charge is 2.33. The van der Waals surface area contributed by atoms with Crippen molar-refractivity contribution in [1.82, 2.24) is 4.98 Å². The van der Waals surface area contributed by atoms with E-state index in [0.29, 0.717) is 12.6 Å². The Balaban J connectivity index is 1.81. The molecule has 1 heterocycles. The second-order valence-electron chi connectivity index (χ2n) is 5.89. The van der Waals surface area contributed by atoms with Crippen molar-refractivity contribution >= 4 is 34.0 Å². The zero-order valence-electron chi connectivity index (χ0n) is 14.5. The van der Waals surface area contributed by atoms with Gasteiger partial charge in [-0.15, -0.1) is 11.3 Å².